The maximum absolute atomic E-state index is 12.3. The van der Waals surface area contributed by atoms with E-state index in [1.807, 2.05) is 24.4 Å². The molecular formula is C14H16N2O3S. The molecule has 2 aromatic rings. The Morgan fingerprint density at radius 3 is 2.80 bits per heavy atom. The average molecular weight is 292 g/mol. The number of amides is 1. The monoisotopic (exact) mass is 292 g/mol. The highest BCUT2D eigenvalue weighted by molar-refractivity contribution is 7.10. The van der Waals surface area contributed by atoms with Gasteiger partial charge in [0.1, 0.15) is 12.2 Å². The molecule has 0 aliphatic rings. The number of carbonyl (C=O) groups excluding carboxylic acids is 1. The molecule has 0 spiro atoms. The maximum atomic E-state index is 12.3. The largest absolute Gasteiger partial charge is 0.480 e. The van der Waals surface area contributed by atoms with Gasteiger partial charge in [-0.1, -0.05) is 13.0 Å². The topological polar surface area (TPSA) is 71.3 Å². The van der Waals surface area contributed by atoms with Crippen LogP contribution in [0.25, 0.3) is 0 Å². The van der Waals surface area contributed by atoms with Crippen molar-refractivity contribution in [2.75, 3.05) is 0 Å². The third kappa shape index (κ3) is 3.27. The van der Waals surface area contributed by atoms with Crippen LogP contribution in [0.15, 0.2) is 35.8 Å². The van der Waals surface area contributed by atoms with Crippen molar-refractivity contribution in [2.24, 2.45) is 0 Å². The highest BCUT2D eigenvalue weighted by Crippen LogP contribution is 2.22. The number of carbonyl (C=O) groups is 2. The predicted molar refractivity (Wildman–Crippen MR) is 76.9 cm³/mol. The number of rotatable bonds is 6. The van der Waals surface area contributed by atoms with E-state index in [0.717, 1.165) is 11.3 Å². The summed E-state index contributed by atoms with van der Waals surface area (Å²) in [7, 11) is 0. The molecule has 1 amide bonds. The Kier molecular flexibility index (Phi) is 4.57. The first-order chi connectivity index (χ1) is 9.61. The summed E-state index contributed by atoms with van der Waals surface area (Å²) < 4.78 is 1.43. The lowest BCUT2D eigenvalue weighted by molar-refractivity contribution is -0.137. The van der Waals surface area contributed by atoms with Crippen molar-refractivity contribution < 1.29 is 14.7 Å². The summed E-state index contributed by atoms with van der Waals surface area (Å²) in [6, 6.07) is 7.18. The normalized spacial score (nSPS) is 12.1. The number of nitrogens with one attached hydrogen (secondary N) is 1. The van der Waals surface area contributed by atoms with E-state index in [1.54, 1.807) is 29.7 Å². The standard InChI is InChI=1S/C14H16N2O3S/c1-2-10(12-6-4-8-20-12)15-14(19)11-5-3-7-16(11)9-13(17)18/h3-8,10H,2,9H2,1H3,(H,15,19)(H,17,18). The smallest absolute Gasteiger partial charge is 0.323 e. The van der Waals surface area contributed by atoms with Crippen LogP contribution < -0.4 is 5.32 Å². The zero-order valence-corrected chi connectivity index (χ0v) is 11.9. The molecule has 0 radical (unpaired) electrons. The molecule has 0 saturated heterocycles. The molecule has 106 valence electrons. The highest BCUT2D eigenvalue weighted by atomic mass is 32.1. The third-order valence-corrected chi connectivity index (χ3v) is 3.95. The number of aromatic nitrogens is 1. The first-order valence-corrected chi connectivity index (χ1v) is 7.21. The number of hydrogen-bond donors (Lipinski definition) is 2. The van der Waals surface area contributed by atoms with Gasteiger partial charge in [0.05, 0.1) is 6.04 Å². The maximum Gasteiger partial charge on any atom is 0.323 e. The lowest BCUT2D eigenvalue weighted by Gasteiger charge is -2.16. The van der Waals surface area contributed by atoms with Gasteiger partial charge in [-0.05, 0) is 30.0 Å². The minimum atomic E-state index is -0.972. The van der Waals surface area contributed by atoms with Crippen LogP contribution in [0.2, 0.25) is 0 Å². The van der Waals surface area contributed by atoms with Crippen molar-refractivity contribution in [3.05, 3.63) is 46.4 Å². The third-order valence-electron chi connectivity index (χ3n) is 2.97. The summed E-state index contributed by atoms with van der Waals surface area (Å²) >= 11 is 1.59. The number of carboxylic acids is 1. The van der Waals surface area contributed by atoms with Gasteiger partial charge >= 0.3 is 5.97 Å². The summed E-state index contributed by atoms with van der Waals surface area (Å²) in [6.45, 7) is 1.78. The van der Waals surface area contributed by atoms with Crippen LogP contribution in [0.3, 0.4) is 0 Å². The molecule has 0 aliphatic heterocycles. The molecule has 0 saturated carbocycles. The Labute approximate surface area is 120 Å². The number of aliphatic carboxylic acids is 1. The molecule has 2 rings (SSSR count). The minimum absolute atomic E-state index is 0.0457. The van der Waals surface area contributed by atoms with E-state index in [0.29, 0.717) is 5.69 Å². The van der Waals surface area contributed by atoms with E-state index in [1.165, 1.54) is 4.57 Å². The van der Waals surface area contributed by atoms with Gasteiger partial charge in [0.15, 0.2) is 0 Å². The van der Waals surface area contributed by atoms with Crippen LogP contribution in [0.1, 0.15) is 34.8 Å². The molecule has 0 aromatic carbocycles. The quantitative estimate of drug-likeness (QED) is 0.859. The molecule has 1 atom stereocenters. The van der Waals surface area contributed by atoms with E-state index in [4.69, 9.17) is 5.11 Å². The molecule has 6 heteroatoms. The van der Waals surface area contributed by atoms with E-state index in [-0.39, 0.29) is 18.5 Å². The van der Waals surface area contributed by atoms with Gasteiger partial charge in [0, 0.05) is 11.1 Å². The molecule has 0 aliphatic carbocycles. The molecule has 2 aromatic heterocycles. The lowest BCUT2D eigenvalue weighted by atomic mass is 10.2. The Bertz CT molecular complexity index is 589. The second-order valence-corrected chi connectivity index (χ2v) is 5.34. The Morgan fingerprint density at radius 1 is 1.40 bits per heavy atom. The van der Waals surface area contributed by atoms with E-state index >= 15 is 0 Å². The van der Waals surface area contributed by atoms with Crippen molar-refractivity contribution in [2.45, 2.75) is 25.9 Å². The summed E-state index contributed by atoms with van der Waals surface area (Å²) in [5.74, 6) is -1.22. The van der Waals surface area contributed by atoms with Gasteiger partial charge in [-0.25, -0.2) is 0 Å². The van der Waals surface area contributed by atoms with Crippen molar-refractivity contribution >= 4 is 23.2 Å². The van der Waals surface area contributed by atoms with E-state index in [9.17, 15) is 9.59 Å². The average Bonchev–Trinajstić information content (AvgIpc) is 3.05. The Balaban J connectivity index is 2.11. The van der Waals surface area contributed by atoms with Gasteiger partial charge in [0.2, 0.25) is 0 Å². The summed E-state index contributed by atoms with van der Waals surface area (Å²) in [5.41, 5.74) is 0.363. The fourth-order valence-corrected chi connectivity index (χ4v) is 2.86. The fourth-order valence-electron chi connectivity index (χ4n) is 2.00. The van der Waals surface area contributed by atoms with Crippen LogP contribution in [0, 0.1) is 0 Å². The van der Waals surface area contributed by atoms with Crippen molar-refractivity contribution in [1.82, 2.24) is 9.88 Å². The van der Waals surface area contributed by atoms with Gasteiger partial charge in [-0.15, -0.1) is 11.3 Å². The van der Waals surface area contributed by atoms with Crippen LogP contribution in [0.4, 0.5) is 0 Å². The number of carboxylic acid groups (broad SMARTS) is 1. The summed E-state index contributed by atoms with van der Waals surface area (Å²) in [4.78, 5) is 24.1. The van der Waals surface area contributed by atoms with Gasteiger partial charge in [-0.3, -0.25) is 9.59 Å². The molecule has 2 heterocycles. The second kappa shape index (κ2) is 6.38. The molecule has 20 heavy (non-hydrogen) atoms. The first-order valence-electron chi connectivity index (χ1n) is 6.33. The molecule has 1 unspecified atom stereocenters. The van der Waals surface area contributed by atoms with Gasteiger partial charge < -0.3 is 15.0 Å². The van der Waals surface area contributed by atoms with Gasteiger partial charge in [-0.2, -0.15) is 0 Å². The molecule has 5 nitrogen and oxygen atoms in total. The van der Waals surface area contributed by atoms with Crippen LogP contribution in [0.5, 0.6) is 0 Å². The zero-order valence-electron chi connectivity index (χ0n) is 11.1. The fraction of sp³-hybridized carbons (Fsp3) is 0.286. The predicted octanol–water partition coefficient (Wildman–Crippen LogP) is 2.52. The van der Waals surface area contributed by atoms with Crippen LogP contribution >= 0.6 is 11.3 Å². The van der Waals surface area contributed by atoms with Crippen molar-refractivity contribution in [3.63, 3.8) is 0 Å². The van der Waals surface area contributed by atoms with Crippen LogP contribution in [-0.4, -0.2) is 21.6 Å². The number of thiophene rings is 1. The Morgan fingerprint density at radius 2 is 2.20 bits per heavy atom. The SMILES string of the molecule is CCC(NC(=O)c1cccn1CC(=O)O)c1cccs1. The minimum Gasteiger partial charge on any atom is -0.480 e. The lowest BCUT2D eigenvalue weighted by Crippen LogP contribution is -2.30. The van der Waals surface area contributed by atoms with E-state index < -0.39 is 5.97 Å². The van der Waals surface area contributed by atoms with Gasteiger partial charge in [0.25, 0.3) is 5.91 Å². The molecule has 0 bridgehead atoms. The van der Waals surface area contributed by atoms with Crippen molar-refractivity contribution in [3.8, 4) is 0 Å². The zero-order chi connectivity index (χ0) is 14.5. The van der Waals surface area contributed by atoms with Crippen molar-refractivity contribution in [1.29, 1.82) is 0 Å². The second-order valence-electron chi connectivity index (χ2n) is 4.36. The molecule has 2 N–H and O–H groups in total. The highest BCUT2D eigenvalue weighted by Gasteiger charge is 2.17. The summed E-state index contributed by atoms with van der Waals surface area (Å²) in [6.07, 6.45) is 2.38. The Hall–Kier alpha value is -2.08. The van der Waals surface area contributed by atoms with E-state index in [2.05, 4.69) is 5.32 Å². The number of nitrogens with zero attached hydrogens (tertiary/aromatic N) is 1. The first kappa shape index (κ1) is 14.3. The molecular weight excluding hydrogens is 276 g/mol. The number of hydrogen-bond acceptors (Lipinski definition) is 3. The summed E-state index contributed by atoms with van der Waals surface area (Å²) in [5, 5.41) is 13.7. The van der Waals surface area contributed by atoms with Crippen LogP contribution in [-0.2, 0) is 11.3 Å². The molecule has 0 fully saturated rings.